The average Bonchev–Trinajstić information content (AvgIpc) is 2.66. The van der Waals surface area contributed by atoms with Gasteiger partial charge < -0.3 is 9.47 Å². The number of carbonyl (C=O) groups is 1. The Kier molecular flexibility index (Phi) is 13.6. The maximum atomic E-state index is 11.6. The lowest BCUT2D eigenvalue weighted by Gasteiger charge is -2.08. The molecular formula is C23H38O3. The van der Waals surface area contributed by atoms with Gasteiger partial charge in [-0.05, 0) is 37.0 Å². The summed E-state index contributed by atoms with van der Waals surface area (Å²) in [6, 6.07) is 8.31. The van der Waals surface area contributed by atoms with Gasteiger partial charge in [0.1, 0.15) is 19.0 Å². The molecule has 0 aliphatic carbocycles. The second-order valence-electron chi connectivity index (χ2n) is 7.04. The molecular weight excluding hydrogens is 324 g/mol. The first-order valence-electron chi connectivity index (χ1n) is 10.6. The quantitative estimate of drug-likeness (QED) is 0.249. The third-order valence-corrected chi connectivity index (χ3v) is 4.59. The minimum Gasteiger partial charge on any atom is -0.490 e. The van der Waals surface area contributed by atoms with E-state index in [4.69, 9.17) is 9.47 Å². The molecule has 1 aromatic rings. The number of aryl methyl sites for hydroxylation is 1. The van der Waals surface area contributed by atoms with Crippen LogP contribution < -0.4 is 4.74 Å². The molecule has 0 fully saturated rings. The molecule has 0 heterocycles. The van der Waals surface area contributed by atoms with Gasteiger partial charge in [0.05, 0.1) is 0 Å². The van der Waals surface area contributed by atoms with E-state index in [9.17, 15) is 4.79 Å². The van der Waals surface area contributed by atoms with Gasteiger partial charge in [0.25, 0.3) is 0 Å². The topological polar surface area (TPSA) is 35.5 Å². The monoisotopic (exact) mass is 362 g/mol. The lowest BCUT2D eigenvalue weighted by atomic mass is 10.0. The molecule has 26 heavy (non-hydrogen) atoms. The van der Waals surface area contributed by atoms with Crippen molar-refractivity contribution < 1.29 is 14.3 Å². The number of esters is 1. The van der Waals surface area contributed by atoms with Crippen molar-refractivity contribution in [1.29, 1.82) is 0 Å². The molecule has 0 unspecified atom stereocenters. The summed E-state index contributed by atoms with van der Waals surface area (Å²) in [6.45, 7) is 5.16. The fourth-order valence-corrected chi connectivity index (χ4v) is 2.95. The first-order valence-corrected chi connectivity index (χ1v) is 10.6. The van der Waals surface area contributed by atoms with Crippen molar-refractivity contribution in [1.82, 2.24) is 0 Å². The summed E-state index contributed by atoms with van der Waals surface area (Å²) in [5, 5.41) is 0. The third kappa shape index (κ3) is 11.9. The van der Waals surface area contributed by atoms with Crippen LogP contribution in [0.25, 0.3) is 0 Å². The molecule has 148 valence electrons. The predicted molar refractivity (Wildman–Crippen MR) is 109 cm³/mol. The summed E-state index contributed by atoms with van der Waals surface area (Å²) in [7, 11) is 0. The van der Waals surface area contributed by atoms with Gasteiger partial charge in [0.15, 0.2) is 0 Å². The third-order valence-electron chi connectivity index (χ3n) is 4.59. The van der Waals surface area contributed by atoms with Crippen LogP contribution in [-0.2, 0) is 16.0 Å². The Bertz CT molecular complexity index is 453. The van der Waals surface area contributed by atoms with Crippen molar-refractivity contribution in [2.45, 2.75) is 90.9 Å². The molecule has 1 aromatic carbocycles. The molecule has 0 saturated carbocycles. The number of hydrogen-bond acceptors (Lipinski definition) is 3. The Morgan fingerprint density at radius 3 is 2.08 bits per heavy atom. The van der Waals surface area contributed by atoms with Crippen LogP contribution >= 0.6 is 0 Å². The van der Waals surface area contributed by atoms with Crippen molar-refractivity contribution in [3.63, 3.8) is 0 Å². The lowest BCUT2D eigenvalue weighted by molar-refractivity contribution is -0.144. The molecule has 3 nitrogen and oxygen atoms in total. The van der Waals surface area contributed by atoms with E-state index < -0.39 is 0 Å². The molecule has 0 spiro atoms. The van der Waals surface area contributed by atoms with Crippen LogP contribution in [0.3, 0.4) is 0 Å². The summed E-state index contributed by atoms with van der Waals surface area (Å²) in [6.07, 6.45) is 14.0. The van der Waals surface area contributed by atoms with Gasteiger partial charge in [0, 0.05) is 6.42 Å². The van der Waals surface area contributed by atoms with Crippen molar-refractivity contribution in [2.24, 2.45) is 0 Å². The summed E-state index contributed by atoms with van der Waals surface area (Å²) in [5.41, 5.74) is 1.37. The summed E-state index contributed by atoms with van der Waals surface area (Å²) in [4.78, 5) is 11.6. The highest BCUT2D eigenvalue weighted by molar-refractivity contribution is 5.69. The van der Waals surface area contributed by atoms with Crippen molar-refractivity contribution in [2.75, 3.05) is 13.2 Å². The maximum absolute atomic E-state index is 11.6. The average molecular weight is 363 g/mol. The minimum absolute atomic E-state index is 0.112. The van der Waals surface area contributed by atoms with Crippen molar-refractivity contribution >= 4 is 5.97 Å². The van der Waals surface area contributed by atoms with Crippen LogP contribution in [0, 0.1) is 0 Å². The van der Waals surface area contributed by atoms with Crippen LogP contribution in [0.2, 0.25) is 0 Å². The number of benzene rings is 1. The Balaban J connectivity index is 2.06. The Morgan fingerprint density at radius 1 is 0.769 bits per heavy atom. The van der Waals surface area contributed by atoms with E-state index in [1.165, 1.54) is 56.9 Å². The van der Waals surface area contributed by atoms with Gasteiger partial charge in [0.2, 0.25) is 0 Å². The van der Waals surface area contributed by atoms with E-state index in [2.05, 4.69) is 26.0 Å². The van der Waals surface area contributed by atoms with Crippen LogP contribution in [0.15, 0.2) is 24.3 Å². The first-order chi connectivity index (χ1) is 12.8. The number of rotatable bonds is 16. The fourth-order valence-electron chi connectivity index (χ4n) is 2.95. The molecule has 0 N–H and O–H groups in total. The highest BCUT2D eigenvalue weighted by Crippen LogP contribution is 2.15. The largest absolute Gasteiger partial charge is 0.490 e. The van der Waals surface area contributed by atoms with Gasteiger partial charge in [-0.2, -0.15) is 0 Å². The summed E-state index contributed by atoms with van der Waals surface area (Å²) >= 11 is 0. The van der Waals surface area contributed by atoms with E-state index in [0.29, 0.717) is 19.6 Å². The Hall–Kier alpha value is -1.51. The van der Waals surface area contributed by atoms with Gasteiger partial charge in [-0.1, -0.05) is 77.3 Å². The smallest absolute Gasteiger partial charge is 0.305 e. The molecule has 0 aromatic heterocycles. The van der Waals surface area contributed by atoms with Crippen LogP contribution in [-0.4, -0.2) is 19.2 Å². The highest BCUT2D eigenvalue weighted by atomic mass is 16.6. The standard InChI is InChI=1S/C23H38O3/c1-3-5-7-9-10-11-13-21-15-17-22(18-16-21)25-19-20-26-23(24)14-12-8-6-4-2/h15-18H,3-14,19-20H2,1-2H3. The van der Waals surface area contributed by atoms with Gasteiger partial charge in [-0.3, -0.25) is 4.79 Å². The summed E-state index contributed by atoms with van der Waals surface area (Å²) < 4.78 is 10.8. The second kappa shape index (κ2) is 15.7. The molecule has 0 aliphatic heterocycles. The first kappa shape index (κ1) is 22.5. The summed E-state index contributed by atoms with van der Waals surface area (Å²) in [5.74, 6) is 0.731. The molecule has 1 rings (SSSR count). The number of unbranched alkanes of at least 4 members (excludes halogenated alkanes) is 8. The minimum atomic E-state index is -0.112. The zero-order valence-electron chi connectivity index (χ0n) is 16.9. The van der Waals surface area contributed by atoms with E-state index in [-0.39, 0.29) is 5.97 Å². The lowest BCUT2D eigenvalue weighted by Crippen LogP contribution is -2.12. The highest BCUT2D eigenvalue weighted by Gasteiger charge is 2.03. The molecule has 0 atom stereocenters. The molecule has 0 radical (unpaired) electrons. The molecule has 3 heteroatoms. The molecule has 0 saturated heterocycles. The van der Waals surface area contributed by atoms with E-state index in [0.717, 1.165) is 25.0 Å². The Labute approximate surface area is 160 Å². The van der Waals surface area contributed by atoms with Crippen LogP contribution in [0.4, 0.5) is 0 Å². The number of ether oxygens (including phenoxy) is 2. The van der Waals surface area contributed by atoms with Crippen LogP contribution in [0.5, 0.6) is 5.75 Å². The zero-order chi connectivity index (χ0) is 18.9. The van der Waals surface area contributed by atoms with Gasteiger partial charge >= 0.3 is 5.97 Å². The molecule has 0 bridgehead atoms. The van der Waals surface area contributed by atoms with Crippen LogP contribution in [0.1, 0.15) is 90.0 Å². The maximum Gasteiger partial charge on any atom is 0.305 e. The van der Waals surface area contributed by atoms with Gasteiger partial charge in [-0.25, -0.2) is 0 Å². The normalized spacial score (nSPS) is 10.7. The number of hydrogen-bond donors (Lipinski definition) is 0. The second-order valence-corrected chi connectivity index (χ2v) is 7.04. The van der Waals surface area contributed by atoms with E-state index in [1.54, 1.807) is 0 Å². The Morgan fingerprint density at radius 2 is 1.38 bits per heavy atom. The zero-order valence-corrected chi connectivity index (χ0v) is 16.9. The predicted octanol–water partition coefficient (Wildman–Crippen LogP) is 6.48. The molecule has 0 amide bonds. The van der Waals surface area contributed by atoms with Crippen molar-refractivity contribution in [3.05, 3.63) is 29.8 Å². The van der Waals surface area contributed by atoms with Gasteiger partial charge in [-0.15, -0.1) is 0 Å². The number of carbonyl (C=O) groups excluding carboxylic acids is 1. The fraction of sp³-hybridized carbons (Fsp3) is 0.696. The molecule has 0 aliphatic rings. The van der Waals surface area contributed by atoms with E-state index >= 15 is 0 Å². The van der Waals surface area contributed by atoms with Crippen molar-refractivity contribution in [3.8, 4) is 5.75 Å². The van der Waals surface area contributed by atoms with E-state index in [1.807, 2.05) is 12.1 Å². The SMILES string of the molecule is CCCCCCCCc1ccc(OCCOC(=O)CCCCCC)cc1.